The highest BCUT2D eigenvalue weighted by atomic mass is 35.5. The minimum absolute atomic E-state index is 0. The van der Waals surface area contributed by atoms with Gasteiger partial charge in [-0.25, -0.2) is 0 Å². The van der Waals surface area contributed by atoms with Crippen molar-refractivity contribution in [3.05, 3.63) is 35.9 Å². The second kappa shape index (κ2) is 5.51. The highest BCUT2D eigenvalue weighted by Crippen LogP contribution is 2.49. The highest BCUT2D eigenvalue weighted by molar-refractivity contribution is 5.91. The Morgan fingerprint density at radius 2 is 1.95 bits per heavy atom. The van der Waals surface area contributed by atoms with Crippen LogP contribution in [0.4, 0.5) is 0 Å². The summed E-state index contributed by atoms with van der Waals surface area (Å²) >= 11 is 0. The van der Waals surface area contributed by atoms with E-state index >= 15 is 0 Å². The Morgan fingerprint density at radius 1 is 1.26 bits per heavy atom. The molecule has 4 heteroatoms. The second-order valence-electron chi connectivity index (χ2n) is 5.60. The second-order valence-corrected chi connectivity index (χ2v) is 5.60. The summed E-state index contributed by atoms with van der Waals surface area (Å²) < 4.78 is 0. The first-order chi connectivity index (χ1) is 8.72. The molecule has 2 N–H and O–H groups in total. The topological polar surface area (TPSA) is 46.3 Å². The Labute approximate surface area is 120 Å². The van der Waals surface area contributed by atoms with E-state index in [1.165, 1.54) is 5.56 Å². The monoisotopic (exact) mass is 280 g/mol. The molecule has 2 fully saturated rings. The Balaban J connectivity index is 0.00000133. The van der Waals surface area contributed by atoms with Crippen molar-refractivity contribution in [2.75, 3.05) is 13.1 Å². The van der Waals surface area contributed by atoms with Gasteiger partial charge in [-0.3, -0.25) is 4.79 Å². The number of hydrogen-bond acceptors (Lipinski definition) is 2. The van der Waals surface area contributed by atoms with E-state index in [0.717, 1.165) is 38.8 Å². The Bertz CT molecular complexity index is 445. The standard InChI is InChI=1S/C15H20N2O.ClH/c16-13-7-4-10-17(11-13)14(18)15(8-9-15)12-5-2-1-3-6-12;/h1-3,5-6,13H,4,7-11,16H2;1H/t13-;/m0./s1. The average molecular weight is 281 g/mol. The Morgan fingerprint density at radius 3 is 2.53 bits per heavy atom. The summed E-state index contributed by atoms with van der Waals surface area (Å²) in [6.07, 6.45) is 4.06. The summed E-state index contributed by atoms with van der Waals surface area (Å²) in [5, 5.41) is 0. The van der Waals surface area contributed by atoms with Gasteiger partial charge < -0.3 is 10.6 Å². The third kappa shape index (κ3) is 2.63. The number of nitrogens with zero attached hydrogens (tertiary/aromatic N) is 1. The zero-order valence-electron chi connectivity index (χ0n) is 11.0. The van der Waals surface area contributed by atoms with E-state index in [4.69, 9.17) is 5.73 Å². The molecule has 104 valence electrons. The van der Waals surface area contributed by atoms with Gasteiger partial charge in [-0.05, 0) is 31.2 Å². The van der Waals surface area contributed by atoms with Gasteiger partial charge in [0, 0.05) is 19.1 Å². The Kier molecular flexibility index (Phi) is 4.16. The van der Waals surface area contributed by atoms with Crippen molar-refractivity contribution < 1.29 is 4.79 Å². The van der Waals surface area contributed by atoms with E-state index < -0.39 is 0 Å². The quantitative estimate of drug-likeness (QED) is 0.902. The minimum Gasteiger partial charge on any atom is -0.340 e. The van der Waals surface area contributed by atoms with Gasteiger partial charge in [-0.2, -0.15) is 0 Å². The number of piperidine rings is 1. The lowest BCUT2D eigenvalue weighted by Gasteiger charge is -2.33. The zero-order chi connectivity index (χ0) is 12.6. The largest absolute Gasteiger partial charge is 0.340 e. The molecule has 1 saturated carbocycles. The fourth-order valence-corrected chi connectivity index (χ4v) is 3.01. The van der Waals surface area contributed by atoms with Crippen LogP contribution < -0.4 is 5.73 Å². The smallest absolute Gasteiger partial charge is 0.233 e. The molecule has 0 spiro atoms. The van der Waals surface area contributed by atoms with Gasteiger partial charge in [-0.15, -0.1) is 12.4 Å². The molecular weight excluding hydrogens is 260 g/mol. The molecule has 0 unspecified atom stereocenters. The molecule has 0 bridgehead atoms. The molecule has 1 atom stereocenters. The number of benzene rings is 1. The van der Waals surface area contributed by atoms with E-state index in [9.17, 15) is 4.79 Å². The summed E-state index contributed by atoms with van der Waals surface area (Å²) in [7, 11) is 0. The maximum absolute atomic E-state index is 12.7. The van der Waals surface area contributed by atoms with Crippen LogP contribution in [-0.2, 0) is 10.2 Å². The van der Waals surface area contributed by atoms with Gasteiger partial charge in [0.15, 0.2) is 0 Å². The maximum atomic E-state index is 12.7. The van der Waals surface area contributed by atoms with Crippen molar-refractivity contribution in [2.24, 2.45) is 5.73 Å². The van der Waals surface area contributed by atoms with E-state index in [0.29, 0.717) is 5.91 Å². The number of likely N-dealkylation sites (tertiary alicyclic amines) is 1. The number of carbonyl (C=O) groups excluding carboxylic acids is 1. The highest BCUT2D eigenvalue weighted by Gasteiger charge is 2.53. The van der Waals surface area contributed by atoms with E-state index in [2.05, 4.69) is 12.1 Å². The SMILES string of the molecule is Cl.N[C@H]1CCCN(C(=O)C2(c3ccccc3)CC2)C1. The van der Waals surface area contributed by atoms with Crippen LogP contribution >= 0.6 is 12.4 Å². The number of halogens is 1. The number of amides is 1. The lowest BCUT2D eigenvalue weighted by Crippen LogP contribution is -2.49. The summed E-state index contributed by atoms with van der Waals surface area (Å²) in [4.78, 5) is 14.7. The molecule has 3 nitrogen and oxygen atoms in total. The molecule has 1 aliphatic carbocycles. The van der Waals surface area contributed by atoms with E-state index in [1.54, 1.807) is 0 Å². The first-order valence-corrected chi connectivity index (χ1v) is 6.83. The third-order valence-electron chi connectivity index (χ3n) is 4.23. The van der Waals surface area contributed by atoms with Crippen molar-refractivity contribution >= 4 is 18.3 Å². The molecule has 1 saturated heterocycles. The first-order valence-electron chi connectivity index (χ1n) is 6.83. The van der Waals surface area contributed by atoms with Gasteiger partial charge in [-0.1, -0.05) is 30.3 Å². The predicted molar refractivity (Wildman–Crippen MR) is 78.4 cm³/mol. The molecule has 2 aliphatic rings. The van der Waals surface area contributed by atoms with Crippen LogP contribution in [0.25, 0.3) is 0 Å². The van der Waals surface area contributed by atoms with Gasteiger partial charge in [0.25, 0.3) is 0 Å². The number of carbonyl (C=O) groups is 1. The maximum Gasteiger partial charge on any atom is 0.233 e. The average Bonchev–Trinajstić information content (AvgIpc) is 3.20. The van der Waals surface area contributed by atoms with E-state index in [1.807, 2.05) is 23.1 Å². The van der Waals surface area contributed by atoms with Crippen LogP contribution in [0.2, 0.25) is 0 Å². The van der Waals surface area contributed by atoms with E-state index in [-0.39, 0.29) is 23.9 Å². The van der Waals surface area contributed by atoms with Crippen LogP contribution in [0.5, 0.6) is 0 Å². The predicted octanol–water partition coefficient (Wildman–Crippen LogP) is 2.09. The lowest BCUT2D eigenvalue weighted by molar-refractivity contribution is -0.135. The molecule has 19 heavy (non-hydrogen) atoms. The van der Waals surface area contributed by atoms with Crippen molar-refractivity contribution in [1.29, 1.82) is 0 Å². The number of hydrogen-bond donors (Lipinski definition) is 1. The van der Waals surface area contributed by atoms with Crippen LogP contribution in [0.3, 0.4) is 0 Å². The molecule has 0 radical (unpaired) electrons. The van der Waals surface area contributed by atoms with Crippen LogP contribution in [-0.4, -0.2) is 29.9 Å². The van der Waals surface area contributed by atoms with Crippen LogP contribution in [0.1, 0.15) is 31.2 Å². The molecule has 1 heterocycles. The van der Waals surface area contributed by atoms with Crippen LogP contribution in [0, 0.1) is 0 Å². The molecule has 1 aliphatic heterocycles. The molecule has 3 rings (SSSR count). The number of nitrogens with two attached hydrogens (primary N) is 1. The zero-order valence-corrected chi connectivity index (χ0v) is 11.9. The Hall–Kier alpha value is -1.06. The summed E-state index contributed by atoms with van der Waals surface area (Å²) in [5.74, 6) is 0.295. The summed E-state index contributed by atoms with van der Waals surface area (Å²) in [6, 6.07) is 10.4. The van der Waals surface area contributed by atoms with Gasteiger partial charge in [0.05, 0.1) is 5.41 Å². The molecule has 1 amide bonds. The fourth-order valence-electron chi connectivity index (χ4n) is 3.01. The lowest BCUT2D eigenvalue weighted by atomic mass is 9.93. The van der Waals surface area contributed by atoms with Gasteiger partial charge >= 0.3 is 0 Å². The van der Waals surface area contributed by atoms with Crippen LogP contribution in [0.15, 0.2) is 30.3 Å². The first kappa shape index (κ1) is 14.4. The number of rotatable bonds is 2. The molecule has 1 aromatic rings. The van der Waals surface area contributed by atoms with Gasteiger partial charge in [0.1, 0.15) is 0 Å². The molecule has 0 aromatic heterocycles. The van der Waals surface area contributed by atoms with Crippen molar-refractivity contribution in [3.8, 4) is 0 Å². The minimum atomic E-state index is -0.224. The van der Waals surface area contributed by atoms with Crippen molar-refractivity contribution in [1.82, 2.24) is 4.90 Å². The molecule has 1 aromatic carbocycles. The third-order valence-corrected chi connectivity index (χ3v) is 4.23. The summed E-state index contributed by atoms with van der Waals surface area (Å²) in [5.41, 5.74) is 6.92. The summed E-state index contributed by atoms with van der Waals surface area (Å²) in [6.45, 7) is 1.61. The molecular formula is C15H21ClN2O. The normalized spacial score (nSPS) is 24.5. The van der Waals surface area contributed by atoms with Gasteiger partial charge in [0.2, 0.25) is 5.91 Å². The van der Waals surface area contributed by atoms with Crippen molar-refractivity contribution in [2.45, 2.75) is 37.1 Å². The fraction of sp³-hybridized carbons (Fsp3) is 0.533. The van der Waals surface area contributed by atoms with Crippen molar-refractivity contribution in [3.63, 3.8) is 0 Å².